The number of fused-ring (bicyclic) bond motifs is 1. The second-order valence-electron chi connectivity index (χ2n) is 5.05. The Morgan fingerprint density at radius 2 is 2.05 bits per heavy atom. The molecule has 0 radical (unpaired) electrons. The first-order chi connectivity index (χ1) is 9.06. The van der Waals surface area contributed by atoms with Crippen LogP contribution in [0.4, 0.5) is 0 Å². The first-order valence-electron chi connectivity index (χ1n) is 6.87. The fourth-order valence-electron chi connectivity index (χ4n) is 2.38. The molecule has 1 aromatic carbocycles. The minimum absolute atomic E-state index is 0.918. The smallest absolute Gasteiger partial charge is 0.0505 e. The van der Waals surface area contributed by atoms with Gasteiger partial charge in [-0.2, -0.15) is 0 Å². The third-order valence-corrected chi connectivity index (χ3v) is 4.13. The quantitative estimate of drug-likeness (QED) is 0.788. The van der Waals surface area contributed by atoms with Crippen LogP contribution in [-0.4, -0.2) is 4.86 Å². The van der Waals surface area contributed by atoms with Gasteiger partial charge in [0.05, 0.1) is 5.70 Å². The Morgan fingerprint density at radius 1 is 1.32 bits per heavy atom. The summed E-state index contributed by atoms with van der Waals surface area (Å²) in [5.41, 5.74) is 7.43. The first kappa shape index (κ1) is 14.0. The molecule has 0 saturated heterocycles. The molecule has 0 aliphatic heterocycles. The predicted molar refractivity (Wildman–Crippen MR) is 87.3 cm³/mol. The Hall–Kier alpha value is -1.41. The van der Waals surface area contributed by atoms with Crippen molar-refractivity contribution in [2.24, 2.45) is 0 Å². The molecule has 1 nitrogen and oxygen atoms in total. The van der Waals surface area contributed by atoms with Crippen molar-refractivity contribution in [3.8, 4) is 0 Å². The predicted octanol–water partition coefficient (Wildman–Crippen LogP) is 4.56. The molecule has 19 heavy (non-hydrogen) atoms. The summed E-state index contributed by atoms with van der Waals surface area (Å²) in [4.78, 5) is 1.06. The number of thiocarbonyl (C=S) groups is 1. The maximum atomic E-state index is 5.53. The van der Waals surface area contributed by atoms with Crippen molar-refractivity contribution in [2.75, 3.05) is 0 Å². The van der Waals surface area contributed by atoms with Crippen LogP contribution >= 0.6 is 12.2 Å². The molecule has 1 aromatic rings. The molecule has 2 rings (SSSR count). The highest BCUT2D eigenvalue weighted by Crippen LogP contribution is 2.34. The van der Waals surface area contributed by atoms with E-state index in [2.05, 4.69) is 50.9 Å². The van der Waals surface area contributed by atoms with Crippen molar-refractivity contribution in [1.29, 1.82) is 0 Å². The topological polar surface area (TPSA) is 12.0 Å². The van der Waals surface area contributed by atoms with Gasteiger partial charge < -0.3 is 5.32 Å². The van der Waals surface area contributed by atoms with Crippen LogP contribution in [0.2, 0.25) is 0 Å². The number of hydrogen-bond acceptors (Lipinski definition) is 2. The number of allylic oxidation sites excluding steroid dienone is 2. The molecule has 2 heteroatoms. The van der Waals surface area contributed by atoms with E-state index in [1.165, 1.54) is 28.0 Å². The lowest BCUT2D eigenvalue weighted by atomic mass is 10.1. The van der Waals surface area contributed by atoms with Gasteiger partial charge in [0, 0.05) is 22.5 Å². The van der Waals surface area contributed by atoms with Crippen molar-refractivity contribution in [3.05, 3.63) is 52.7 Å². The van der Waals surface area contributed by atoms with Gasteiger partial charge >= 0.3 is 0 Å². The van der Waals surface area contributed by atoms with Crippen molar-refractivity contribution in [2.45, 2.75) is 40.0 Å². The summed E-state index contributed by atoms with van der Waals surface area (Å²) in [6, 6.07) is 6.63. The Balaban J connectivity index is 2.47. The Kier molecular flexibility index (Phi) is 4.20. The standard InChI is InChI=1S/C17H21NS/c1-5-12(4)18-17-14-9-11(3)7-8-13(14)10-15(17)16(19)6-2/h7-9,18H,4-6,10H2,1-3H3. The number of benzene rings is 1. The van der Waals surface area contributed by atoms with Gasteiger partial charge in [-0.25, -0.2) is 0 Å². The zero-order valence-electron chi connectivity index (χ0n) is 12.0. The second kappa shape index (κ2) is 5.70. The molecule has 0 unspecified atom stereocenters. The molecular weight excluding hydrogens is 250 g/mol. The molecule has 0 aromatic heterocycles. The summed E-state index contributed by atoms with van der Waals surface area (Å²) in [6.07, 6.45) is 2.79. The van der Waals surface area contributed by atoms with Crippen molar-refractivity contribution < 1.29 is 0 Å². The fourth-order valence-corrected chi connectivity index (χ4v) is 2.55. The third-order valence-electron chi connectivity index (χ3n) is 3.59. The molecule has 0 bridgehead atoms. The third kappa shape index (κ3) is 2.79. The summed E-state index contributed by atoms with van der Waals surface area (Å²) in [5.74, 6) is 0. The molecule has 100 valence electrons. The van der Waals surface area contributed by atoms with E-state index in [4.69, 9.17) is 12.2 Å². The van der Waals surface area contributed by atoms with Gasteiger partial charge in [0.2, 0.25) is 0 Å². The van der Waals surface area contributed by atoms with Gasteiger partial charge in [0.1, 0.15) is 0 Å². The van der Waals surface area contributed by atoms with Crippen molar-refractivity contribution in [1.82, 2.24) is 5.32 Å². The van der Waals surface area contributed by atoms with E-state index in [0.717, 1.165) is 29.8 Å². The van der Waals surface area contributed by atoms with Gasteiger partial charge in [-0.1, -0.05) is 50.3 Å². The summed E-state index contributed by atoms with van der Waals surface area (Å²) in [6.45, 7) is 10.4. The molecule has 1 aliphatic rings. The molecule has 0 fully saturated rings. The van der Waals surface area contributed by atoms with Crippen LogP contribution < -0.4 is 5.32 Å². The van der Waals surface area contributed by atoms with E-state index in [0.29, 0.717) is 0 Å². The number of nitrogens with one attached hydrogen (secondary N) is 1. The molecule has 0 spiro atoms. The maximum absolute atomic E-state index is 5.53. The van der Waals surface area contributed by atoms with E-state index >= 15 is 0 Å². The highest BCUT2D eigenvalue weighted by molar-refractivity contribution is 7.80. The Bertz CT molecular complexity index is 567. The van der Waals surface area contributed by atoms with Crippen molar-refractivity contribution >= 4 is 22.8 Å². The monoisotopic (exact) mass is 271 g/mol. The molecule has 0 amide bonds. The van der Waals surface area contributed by atoms with E-state index in [9.17, 15) is 0 Å². The van der Waals surface area contributed by atoms with Crippen LogP contribution in [0.5, 0.6) is 0 Å². The number of aryl methyl sites for hydroxylation is 1. The number of hydrogen-bond donors (Lipinski definition) is 1. The van der Waals surface area contributed by atoms with Crippen LogP contribution in [0, 0.1) is 6.92 Å². The minimum Gasteiger partial charge on any atom is -0.359 e. The Morgan fingerprint density at radius 3 is 2.68 bits per heavy atom. The molecule has 0 saturated carbocycles. The van der Waals surface area contributed by atoms with Crippen molar-refractivity contribution in [3.63, 3.8) is 0 Å². The van der Waals surface area contributed by atoms with E-state index in [1.807, 2.05) is 0 Å². The highest BCUT2D eigenvalue weighted by atomic mass is 32.1. The zero-order chi connectivity index (χ0) is 14.0. The van der Waals surface area contributed by atoms with Crippen LogP contribution in [0.3, 0.4) is 0 Å². The normalized spacial score (nSPS) is 13.4. The largest absolute Gasteiger partial charge is 0.359 e. The summed E-state index contributed by atoms with van der Waals surface area (Å²) in [5, 5.41) is 3.47. The lowest BCUT2D eigenvalue weighted by Crippen LogP contribution is -2.13. The first-order valence-corrected chi connectivity index (χ1v) is 7.28. The maximum Gasteiger partial charge on any atom is 0.0505 e. The van der Waals surface area contributed by atoms with E-state index in [1.54, 1.807) is 0 Å². The lowest BCUT2D eigenvalue weighted by Gasteiger charge is -2.13. The van der Waals surface area contributed by atoms with Crippen LogP contribution in [0.1, 0.15) is 43.4 Å². The van der Waals surface area contributed by atoms with E-state index in [-0.39, 0.29) is 0 Å². The highest BCUT2D eigenvalue weighted by Gasteiger charge is 2.23. The minimum atomic E-state index is 0.918. The average molecular weight is 271 g/mol. The molecule has 1 aliphatic carbocycles. The Labute approximate surface area is 121 Å². The van der Waals surface area contributed by atoms with Crippen LogP contribution in [0.15, 0.2) is 36.0 Å². The summed E-state index contributed by atoms with van der Waals surface area (Å²) >= 11 is 5.53. The van der Waals surface area contributed by atoms with Gasteiger partial charge in [0.15, 0.2) is 0 Å². The van der Waals surface area contributed by atoms with Gasteiger partial charge in [-0.3, -0.25) is 0 Å². The fraction of sp³-hybridized carbons (Fsp3) is 0.353. The molecule has 1 N–H and O–H groups in total. The van der Waals surface area contributed by atoms with Crippen LogP contribution in [0.25, 0.3) is 5.70 Å². The molecule has 0 atom stereocenters. The summed E-state index contributed by atoms with van der Waals surface area (Å²) in [7, 11) is 0. The molecule has 0 heterocycles. The SMILES string of the molecule is C=C(CC)NC1=C(C(=S)CC)Cc2ccc(C)cc21. The second-order valence-corrected chi connectivity index (χ2v) is 5.54. The zero-order valence-corrected chi connectivity index (χ0v) is 12.8. The van der Waals surface area contributed by atoms with Gasteiger partial charge in [-0.15, -0.1) is 0 Å². The van der Waals surface area contributed by atoms with Gasteiger partial charge in [-0.05, 0) is 37.0 Å². The van der Waals surface area contributed by atoms with Gasteiger partial charge in [0.25, 0.3) is 0 Å². The van der Waals surface area contributed by atoms with E-state index < -0.39 is 0 Å². The lowest BCUT2D eigenvalue weighted by molar-refractivity contribution is 0.966. The van der Waals surface area contributed by atoms with Crippen LogP contribution in [-0.2, 0) is 6.42 Å². The average Bonchev–Trinajstić information content (AvgIpc) is 2.76. The number of rotatable bonds is 5. The molecular formula is C17H21NS. The summed E-state index contributed by atoms with van der Waals surface area (Å²) < 4.78 is 0.